The number of rotatable bonds is 10. The molecule has 0 aliphatic heterocycles. The van der Waals surface area contributed by atoms with Crippen LogP contribution in [-0.4, -0.2) is 25.2 Å². The van der Waals surface area contributed by atoms with Gasteiger partial charge in [0.2, 0.25) is 0 Å². The maximum Gasteiger partial charge on any atom is 0.471 e. The molecule has 134 valence electrons. The molecule has 1 N–H and O–H groups in total. The summed E-state index contributed by atoms with van der Waals surface area (Å²) in [7, 11) is -2.76. The quantitative estimate of drug-likeness (QED) is 0.372. The van der Waals surface area contributed by atoms with Crippen LogP contribution in [0.3, 0.4) is 0 Å². The normalized spacial score (nSPS) is 13.8. The van der Waals surface area contributed by atoms with E-state index in [1.54, 1.807) is 0 Å². The van der Waals surface area contributed by atoms with Gasteiger partial charge in [-0.15, -0.1) is 0 Å². The Hall–Kier alpha value is -1.89. The number of phosphoric ester groups is 1. The zero-order chi connectivity index (χ0) is 18.0. The topological polar surface area (TPSA) is 89.7 Å². The van der Waals surface area contributed by atoms with Gasteiger partial charge in [0.05, 0.1) is 24.6 Å². The summed E-state index contributed by atoms with van der Waals surface area (Å²) in [5, 5.41) is 8.33. The monoisotopic (exact) mass is 364 g/mol. The summed E-state index contributed by atoms with van der Waals surface area (Å²) in [5.74, 6) is 0. The lowest BCUT2D eigenvalue weighted by Crippen LogP contribution is -2.01. The van der Waals surface area contributed by atoms with Gasteiger partial charge >= 0.3 is 7.82 Å². The van der Waals surface area contributed by atoms with E-state index in [2.05, 4.69) is 14.8 Å². The molecular formula is C17H21N2O5P. The summed E-state index contributed by atoms with van der Waals surface area (Å²) < 4.78 is 25.6. The van der Waals surface area contributed by atoms with Crippen LogP contribution < -0.4 is 0 Å². The van der Waals surface area contributed by atoms with Crippen molar-refractivity contribution in [3.05, 3.63) is 60.2 Å². The molecule has 2 aromatic carbocycles. The fourth-order valence-corrected chi connectivity index (χ4v) is 2.32. The Labute approximate surface area is 146 Å². The average molecular weight is 364 g/mol. The lowest BCUT2D eigenvalue weighted by molar-refractivity contribution is 0.0980. The Morgan fingerprint density at radius 2 is 1.60 bits per heavy atom. The highest BCUT2D eigenvalue weighted by atomic mass is 31.2. The van der Waals surface area contributed by atoms with Gasteiger partial charge in [-0.05, 0) is 36.2 Å². The minimum atomic E-state index is -3.89. The first-order chi connectivity index (χ1) is 12.1. The molecule has 0 fully saturated rings. The summed E-state index contributed by atoms with van der Waals surface area (Å²) in [6.45, 7) is 0.955. The van der Waals surface area contributed by atoms with Gasteiger partial charge in [0.1, 0.15) is 0 Å². The van der Waals surface area contributed by atoms with E-state index >= 15 is 0 Å². The van der Waals surface area contributed by atoms with Crippen molar-refractivity contribution in [1.82, 2.24) is 0 Å². The largest absolute Gasteiger partial charge is 0.471 e. The van der Waals surface area contributed by atoms with E-state index in [0.717, 1.165) is 24.0 Å². The molecule has 0 saturated heterocycles. The van der Waals surface area contributed by atoms with Crippen molar-refractivity contribution in [2.24, 2.45) is 10.2 Å². The molecule has 0 bridgehead atoms. The summed E-state index contributed by atoms with van der Waals surface area (Å²) in [6.07, 6.45) is 0.497. The SMILES string of the molecule is COP(=O)(O)OCCCOCc1ccc(N=Nc2ccccc2)cc1. The van der Waals surface area contributed by atoms with Crippen molar-refractivity contribution in [3.8, 4) is 0 Å². The first kappa shape index (κ1) is 19.4. The van der Waals surface area contributed by atoms with Gasteiger partial charge in [-0.2, -0.15) is 10.2 Å². The number of azo groups is 1. The van der Waals surface area contributed by atoms with Crippen molar-refractivity contribution in [2.45, 2.75) is 13.0 Å². The predicted molar refractivity (Wildman–Crippen MR) is 94.1 cm³/mol. The molecule has 0 spiro atoms. The summed E-state index contributed by atoms with van der Waals surface area (Å²) in [6, 6.07) is 17.1. The minimum Gasteiger partial charge on any atom is -0.377 e. The highest BCUT2D eigenvalue weighted by Gasteiger charge is 2.17. The van der Waals surface area contributed by atoms with Crippen LogP contribution in [0.5, 0.6) is 0 Å². The Morgan fingerprint density at radius 3 is 2.24 bits per heavy atom. The maximum atomic E-state index is 11.1. The third-order valence-corrected chi connectivity index (χ3v) is 4.13. The number of ether oxygens (including phenoxy) is 1. The lowest BCUT2D eigenvalue weighted by Gasteiger charge is -2.09. The van der Waals surface area contributed by atoms with Crippen molar-refractivity contribution in [2.75, 3.05) is 20.3 Å². The third-order valence-electron chi connectivity index (χ3n) is 3.16. The minimum absolute atomic E-state index is 0.0976. The summed E-state index contributed by atoms with van der Waals surface area (Å²) >= 11 is 0. The van der Waals surface area contributed by atoms with Gasteiger partial charge in [-0.3, -0.25) is 9.05 Å². The van der Waals surface area contributed by atoms with E-state index in [0.29, 0.717) is 19.6 Å². The van der Waals surface area contributed by atoms with Crippen LogP contribution in [0.15, 0.2) is 64.8 Å². The number of nitrogens with zero attached hydrogens (tertiary/aromatic N) is 2. The highest BCUT2D eigenvalue weighted by molar-refractivity contribution is 7.47. The van der Waals surface area contributed by atoms with Crippen LogP contribution >= 0.6 is 7.82 Å². The second kappa shape index (κ2) is 10.2. The predicted octanol–water partition coefficient (Wildman–Crippen LogP) is 4.77. The van der Waals surface area contributed by atoms with Crippen molar-refractivity contribution < 1.29 is 23.2 Å². The number of hydrogen-bond donors (Lipinski definition) is 1. The first-order valence-electron chi connectivity index (χ1n) is 7.75. The lowest BCUT2D eigenvalue weighted by atomic mass is 10.2. The zero-order valence-electron chi connectivity index (χ0n) is 13.9. The molecule has 1 atom stereocenters. The zero-order valence-corrected chi connectivity index (χ0v) is 14.8. The standard InChI is InChI=1S/C17H21N2O5P/c1-22-25(20,21)24-13-5-12-23-14-15-8-10-17(11-9-15)19-18-16-6-3-2-4-7-16/h2-4,6-11H,5,12-14H2,1H3,(H,20,21). The fraction of sp³-hybridized carbons (Fsp3) is 0.294. The van der Waals surface area contributed by atoms with E-state index in [9.17, 15) is 4.57 Å². The van der Waals surface area contributed by atoms with Crippen molar-refractivity contribution in [1.29, 1.82) is 0 Å². The van der Waals surface area contributed by atoms with E-state index in [1.165, 1.54) is 0 Å². The Bertz CT molecular complexity index is 707. The number of phosphoric acid groups is 1. The molecule has 25 heavy (non-hydrogen) atoms. The van der Waals surface area contributed by atoms with Gasteiger partial charge in [0.25, 0.3) is 0 Å². The van der Waals surface area contributed by atoms with E-state index < -0.39 is 7.82 Å². The fourth-order valence-electron chi connectivity index (χ4n) is 1.85. The molecule has 0 amide bonds. The average Bonchev–Trinajstić information content (AvgIpc) is 2.64. The first-order valence-corrected chi connectivity index (χ1v) is 9.25. The van der Waals surface area contributed by atoms with Crippen LogP contribution in [0.2, 0.25) is 0 Å². The molecule has 0 aliphatic carbocycles. The smallest absolute Gasteiger partial charge is 0.377 e. The Kier molecular flexibility index (Phi) is 7.91. The Morgan fingerprint density at radius 1 is 0.960 bits per heavy atom. The molecule has 2 rings (SSSR count). The second-order valence-electron chi connectivity index (χ2n) is 5.09. The van der Waals surface area contributed by atoms with Crippen LogP contribution in [0, 0.1) is 0 Å². The van der Waals surface area contributed by atoms with Crippen LogP contribution in [-0.2, 0) is 25.0 Å². The molecular weight excluding hydrogens is 343 g/mol. The number of benzene rings is 2. The molecule has 0 radical (unpaired) electrons. The van der Waals surface area contributed by atoms with E-state index in [4.69, 9.17) is 14.2 Å². The highest BCUT2D eigenvalue weighted by Crippen LogP contribution is 2.41. The van der Waals surface area contributed by atoms with Gasteiger partial charge in [0.15, 0.2) is 0 Å². The maximum absolute atomic E-state index is 11.1. The van der Waals surface area contributed by atoms with Crippen LogP contribution in [0.1, 0.15) is 12.0 Å². The van der Waals surface area contributed by atoms with Crippen molar-refractivity contribution in [3.63, 3.8) is 0 Å². The molecule has 0 aliphatic rings. The van der Waals surface area contributed by atoms with Crippen molar-refractivity contribution >= 4 is 19.2 Å². The van der Waals surface area contributed by atoms with Crippen LogP contribution in [0.4, 0.5) is 11.4 Å². The third kappa shape index (κ3) is 7.69. The molecule has 1 unspecified atom stereocenters. The molecule has 0 saturated carbocycles. The van der Waals surface area contributed by atoms with Gasteiger partial charge in [-0.1, -0.05) is 30.3 Å². The molecule has 7 nitrogen and oxygen atoms in total. The van der Waals surface area contributed by atoms with Gasteiger partial charge < -0.3 is 9.63 Å². The summed E-state index contributed by atoms with van der Waals surface area (Å²) in [5.41, 5.74) is 2.57. The van der Waals surface area contributed by atoms with Gasteiger partial charge in [0, 0.05) is 13.7 Å². The number of hydrogen-bond acceptors (Lipinski definition) is 6. The van der Waals surface area contributed by atoms with Gasteiger partial charge in [-0.25, -0.2) is 4.57 Å². The van der Waals surface area contributed by atoms with E-state index in [-0.39, 0.29) is 6.61 Å². The summed E-state index contributed by atoms with van der Waals surface area (Å²) in [4.78, 5) is 9.05. The second-order valence-corrected chi connectivity index (χ2v) is 6.65. The molecule has 0 heterocycles. The van der Waals surface area contributed by atoms with Crippen LogP contribution in [0.25, 0.3) is 0 Å². The molecule has 0 aromatic heterocycles. The Balaban J connectivity index is 1.68. The molecule has 2 aromatic rings. The van der Waals surface area contributed by atoms with E-state index in [1.807, 2.05) is 54.6 Å². The molecule has 8 heteroatoms.